The van der Waals surface area contributed by atoms with Crippen LogP contribution in [0.5, 0.6) is 0 Å². The van der Waals surface area contributed by atoms with Gasteiger partial charge in [0.05, 0.1) is 13.0 Å². The predicted octanol–water partition coefficient (Wildman–Crippen LogP) is 2.04. The topological polar surface area (TPSA) is 76.7 Å². The quantitative estimate of drug-likeness (QED) is 0.345. The molecule has 0 saturated heterocycles. The van der Waals surface area contributed by atoms with Crippen LogP contribution in [0.3, 0.4) is 0 Å². The first-order valence-electron chi connectivity index (χ1n) is 5.79. The van der Waals surface area contributed by atoms with Crippen LogP contribution >= 0.6 is 24.0 Å². The summed E-state index contributed by atoms with van der Waals surface area (Å²) in [6.07, 6.45) is 0.240. The summed E-state index contributed by atoms with van der Waals surface area (Å²) < 4.78 is 5.15. The standard InChI is InChI=1S/C12H25N3O2.HI/c1-11(2,3)15-10(13)14-8-7-9(16)17-12(4,5)6;/h7-8H2,1-6H3,(H3,13,14,15);1H. The van der Waals surface area contributed by atoms with Gasteiger partial charge in [-0.05, 0) is 41.5 Å². The number of esters is 1. The van der Waals surface area contributed by atoms with Crippen molar-refractivity contribution in [2.45, 2.75) is 59.1 Å². The van der Waals surface area contributed by atoms with Gasteiger partial charge in [0.15, 0.2) is 5.96 Å². The minimum Gasteiger partial charge on any atom is -0.460 e. The van der Waals surface area contributed by atoms with E-state index in [0.717, 1.165) is 0 Å². The van der Waals surface area contributed by atoms with Gasteiger partial charge in [-0.25, -0.2) is 0 Å². The smallest absolute Gasteiger partial charge is 0.308 e. The van der Waals surface area contributed by atoms with Crippen molar-refractivity contribution in [2.75, 3.05) is 6.54 Å². The van der Waals surface area contributed by atoms with Crippen LogP contribution in [0, 0.1) is 0 Å². The van der Waals surface area contributed by atoms with Gasteiger partial charge in [0, 0.05) is 5.54 Å². The number of carbonyl (C=O) groups is 1. The van der Waals surface area contributed by atoms with Crippen LogP contribution in [0.2, 0.25) is 0 Å². The van der Waals surface area contributed by atoms with Crippen LogP contribution in [-0.4, -0.2) is 29.6 Å². The van der Waals surface area contributed by atoms with Crippen LogP contribution in [0.4, 0.5) is 0 Å². The molecule has 0 aromatic heterocycles. The van der Waals surface area contributed by atoms with E-state index in [-0.39, 0.29) is 41.9 Å². The van der Waals surface area contributed by atoms with Crippen LogP contribution < -0.4 is 11.1 Å². The molecule has 108 valence electrons. The molecule has 0 aliphatic heterocycles. The Morgan fingerprint density at radius 2 is 1.72 bits per heavy atom. The van der Waals surface area contributed by atoms with E-state index in [4.69, 9.17) is 10.5 Å². The van der Waals surface area contributed by atoms with Gasteiger partial charge in [-0.2, -0.15) is 0 Å². The fourth-order valence-electron chi connectivity index (χ4n) is 1.08. The number of guanidine groups is 1. The third-order valence-electron chi connectivity index (χ3n) is 1.52. The lowest BCUT2D eigenvalue weighted by molar-refractivity contribution is -0.154. The summed E-state index contributed by atoms with van der Waals surface area (Å²) in [4.78, 5) is 15.4. The largest absolute Gasteiger partial charge is 0.460 e. The second-order valence-electron chi connectivity index (χ2n) is 5.98. The molecule has 6 heteroatoms. The Balaban J connectivity index is 0. The minimum atomic E-state index is -0.448. The molecule has 3 N–H and O–H groups in total. The van der Waals surface area contributed by atoms with Gasteiger partial charge in [-0.15, -0.1) is 24.0 Å². The highest BCUT2D eigenvalue weighted by molar-refractivity contribution is 14.0. The lowest BCUT2D eigenvalue weighted by atomic mass is 10.1. The number of nitrogens with one attached hydrogen (secondary N) is 1. The maximum atomic E-state index is 11.4. The normalized spacial score (nSPS) is 12.7. The van der Waals surface area contributed by atoms with Crippen LogP contribution in [0.15, 0.2) is 4.99 Å². The van der Waals surface area contributed by atoms with Crippen LogP contribution in [0.25, 0.3) is 0 Å². The lowest BCUT2D eigenvalue weighted by Crippen LogP contribution is -2.45. The van der Waals surface area contributed by atoms with Crippen molar-refractivity contribution >= 4 is 35.9 Å². The molecule has 0 saturated carbocycles. The van der Waals surface area contributed by atoms with Crippen molar-refractivity contribution in [1.82, 2.24) is 5.32 Å². The van der Waals surface area contributed by atoms with Crippen LogP contribution in [-0.2, 0) is 9.53 Å². The lowest BCUT2D eigenvalue weighted by Gasteiger charge is -2.21. The average molecular weight is 371 g/mol. The molecule has 0 rings (SSSR count). The van der Waals surface area contributed by atoms with Gasteiger partial charge < -0.3 is 15.8 Å². The van der Waals surface area contributed by atoms with Crippen molar-refractivity contribution in [1.29, 1.82) is 0 Å². The van der Waals surface area contributed by atoms with Crippen molar-refractivity contribution in [3.8, 4) is 0 Å². The van der Waals surface area contributed by atoms with E-state index in [9.17, 15) is 4.79 Å². The number of hydrogen-bond acceptors (Lipinski definition) is 3. The molecule has 18 heavy (non-hydrogen) atoms. The summed E-state index contributed by atoms with van der Waals surface area (Å²) in [6, 6.07) is 0. The number of aliphatic imine (C=N–C) groups is 1. The third kappa shape index (κ3) is 13.5. The SMILES string of the molecule is CC(C)(C)NC(N)=NCCC(=O)OC(C)(C)C.I. The first-order chi connectivity index (χ1) is 7.49. The number of halogens is 1. The molecule has 0 unspecified atom stereocenters. The highest BCUT2D eigenvalue weighted by Crippen LogP contribution is 2.08. The van der Waals surface area contributed by atoms with E-state index in [0.29, 0.717) is 12.5 Å². The molecule has 0 aliphatic rings. The number of ether oxygens (including phenoxy) is 1. The van der Waals surface area contributed by atoms with Gasteiger partial charge >= 0.3 is 5.97 Å². The first-order valence-corrected chi connectivity index (χ1v) is 5.79. The Hall–Kier alpha value is -0.530. The molecule has 0 aromatic rings. The third-order valence-corrected chi connectivity index (χ3v) is 1.52. The summed E-state index contributed by atoms with van der Waals surface area (Å²) >= 11 is 0. The van der Waals surface area contributed by atoms with Gasteiger partial charge in [0.2, 0.25) is 0 Å². The van der Waals surface area contributed by atoms with Crippen molar-refractivity contribution in [3.05, 3.63) is 0 Å². The fraction of sp³-hybridized carbons (Fsp3) is 0.833. The summed E-state index contributed by atoms with van der Waals surface area (Å²) in [5, 5.41) is 3.02. The Morgan fingerprint density at radius 1 is 1.22 bits per heavy atom. The molecule has 0 spiro atoms. The minimum absolute atomic E-state index is 0. The maximum Gasteiger partial charge on any atom is 0.308 e. The molecule has 0 aromatic carbocycles. The number of hydrogen-bond donors (Lipinski definition) is 2. The Bertz CT molecular complexity index is 291. The van der Waals surface area contributed by atoms with E-state index in [1.807, 2.05) is 41.5 Å². The molecule has 0 atom stereocenters. The van der Waals surface area contributed by atoms with Crippen molar-refractivity contribution in [2.24, 2.45) is 10.7 Å². The molecule has 5 nitrogen and oxygen atoms in total. The van der Waals surface area contributed by atoms with E-state index in [1.165, 1.54) is 0 Å². The van der Waals surface area contributed by atoms with E-state index in [1.54, 1.807) is 0 Å². The number of carbonyl (C=O) groups excluding carboxylic acids is 1. The Morgan fingerprint density at radius 3 is 2.11 bits per heavy atom. The average Bonchev–Trinajstić information content (AvgIpc) is 1.95. The number of nitrogens with two attached hydrogens (primary N) is 1. The van der Waals surface area contributed by atoms with E-state index >= 15 is 0 Å². The second kappa shape index (κ2) is 7.81. The molecular formula is C12H26IN3O2. The zero-order valence-corrected chi connectivity index (χ0v) is 14.5. The summed E-state index contributed by atoms with van der Waals surface area (Å²) in [6.45, 7) is 11.8. The predicted molar refractivity (Wildman–Crippen MR) is 85.3 cm³/mol. The maximum absolute atomic E-state index is 11.4. The molecular weight excluding hydrogens is 345 g/mol. The second-order valence-corrected chi connectivity index (χ2v) is 5.98. The van der Waals surface area contributed by atoms with E-state index in [2.05, 4.69) is 10.3 Å². The van der Waals surface area contributed by atoms with E-state index < -0.39 is 5.60 Å². The summed E-state index contributed by atoms with van der Waals surface area (Å²) in [7, 11) is 0. The van der Waals surface area contributed by atoms with Gasteiger partial charge in [-0.3, -0.25) is 9.79 Å². The zero-order chi connectivity index (χ0) is 13.7. The molecule has 0 bridgehead atoms. The van der Waals surface area contributed by atoms with Gasteiger partial charge in [-0.1, -0.05) is 0 Å². The number of rotatable bonds is 3. The van der Waals surface area contributed by atoms with Crippen LogP contribution in [0.1, 0.15) is 48.0 Å². The highest BCUT2D eigenvalue weighted by atomic mass is 127. The molecule has 0 amide bonds. The summed E-state index contributed by atoms with van der Waals surface area (Å²) in [5.74, 6) is 0.0888. The molecule has 0 fully saturated rings. The Labute approximate surface area is 127 Å². The fourth-order valence-corrected chi connectivity index (χ4v) is 1.08. The Kier molecular flexibility index (Phi) is 8.59. The first kappa shape index (κ1) is 19.8. The molecule has 0 aliphatic carbocycles. The molecule has 0 heterocycles. The summed E-state index contributed by atoms with van der Waals surface area (Å²) in [5.41, 5.74) is 5.09. The van der Waals surface area contributed by atoms with Gasteiger partial charge in [0.25, 0.3) is 0 Å². The van der Waals surface area contributed by atoms with Gasteiger partial charge in [0.1, 0.15) is 5.60 Å². The molecule has 0 radical (unpaired) electrons. The zero-order valence-electron chi connectivity index (χ0n) is 12.2. The van der Waals surface area contributed by atoms with Crippen molar-refractivity contribution in [3.63, 3.8) is 0 Å². The number of nitrogens with zero attached hydrogens (tertiary/aromatic N) is 1. The van der Waals surface area contributed by atoms with Crippen molar-refractivity contribution < 1.29 is 9.53 Å². The highest BCUT2D eigenvalue weighted by Gasteiger charge is 2.15. The monoisotopic (exact) mass is 371 g/mol.